The Morgan fingerprint density at radius 1 is 0.852 bits per heavy atom. The highest BCUT2D eigenvalue weighted by Gasteiger charge is 2.40. The fourth-order valence-electron chi connectivity index (χ4n) is 3.25. The average Bonchev–Trinajstić information content (AvgIpc) is 2.95. The zero-order chi connectivity index (χ0) is 18.8. The maximum Gasteiger partial charge on any atom is 0.262 e. The minimum absolute atomic E-state index is 0.131. The first kappa shape index (κ1) is 17.0. The summed E-state index contributed by atoms with van der Waals surface area (Å²) < 4.78 is 5.85. The molecule has 0 saturated heterocycles. The Bertz CT molecular complexity index is 966. The van der Waals surface area contributed by atoms with Crippen LogP contribution >= 0.6 is 0 Å². The van der Waals surface area contributed by atoms with Crippen LogP contribution in [0.25, 0.3) is 0 Å². The summed E-state index contributed by atoms with van der Waals surface area (Å²) in [7, 11) is 0. The summed E-state index contributed by atoms with van der Waals surface area (Å²) in [4.78, 5) is 31.5. The van der Waals surface area contributed by atoms with Gasteiger partial charge in [-0.05, 0) is 30.7 Å². The van der Waals surface area contributed by atoms with Gasteiger partial charge in [-0.25, -0.2) is 4.98 Å². The lowest BCUT2D eigenvalue weighted by Gasteiger charge is -2.26. The highest BCUT2D eigenvalue weighted by atomic mass is 16.5. The number of carbonyl (C=O) groups is 2. The molecule has 0 N–H and O–H groups in total. The van der Waals surface area contributed by atoms with Gasteiger partial charge in [0, 0.05) is 11.8 Å². The highest BCUT2D eigenvalue weighted by molar-refractivity contribution is 6.21. The van der Waals surface area contributed by atoms with Crippen LogP contribution in [0.4, 0.5) is 0 Å². The number of rotatable bonds is 5. The van der Waals surface area contributed by atoms with E-state index in [2.05, 4.69) is 4.98 Å². The van der Waals surface area contributed by atoms with Gasteiger partial charge in [0.2, 0.25) is 5.88 Å². The van der Waals surface area contributed by atoms with E-state index in [1.54, 1.807) is 30.3 Å². The van der Waals surface area contributed by atoms with Crippen LogP contribution in [-0.4, -0.2) is 28.3 Å². The molecule has 0 radical (unpaired) electrons. The Morgan fingerprint density at radius 2 is 1.48 bits per heavy atom. The van der Waals surface area contributed by atoms with E-state index in [1.165, 1.54) is 4.90 Å². The van der Waals surface area contributed by atoms with Crippen LogP contribution in [0.5, 0.6) is 5.88 Å². The van der Waals surface area contributed by atoms with E-state index < -0.39 is 6.04 Å². The molecule has 1 atom stereocenters. The smallest absolute Gasteiger partial charge is 0.262 e. The third-order valence-electron chi connectivity index (χ3n) is 4.57. The van der Waals surface area contributed by atoms with E-state index in [1.807, 2.05) is 49.4 Å². The Balaban J connectivity index is 1.67. The van der Waals surface area contributed by atoms with Gasteiger partial charge in [-0.15, -0.1) is 0 Å². The normalized spacial score (nSPS) is 14.2. The van der Waals surface area contributed by atoms with E-state index in [-0.39, 0.29) is 18.4 Å². The SMILES string of the molecule is Cc1cccc(OC[C@@H](c2ccccc2)N2C(=O)c3ccccc3C2=O)n1. The van der Waals surface area contributed by atoms with Gasteiger partial charge in [-0.3, -0.25) is 14.5 Å². The van der Waals surface area contributed by atoms with Crippen LogP contribution in [-0.2, 0) is 0 Å². The summed E-state index contributed by atoms with van der Waals surface area (Å²) in [5.74, 6) is -0.136. The summed E-state index contributed by atoms with van der Waals surface area (Å²) in [6.45, 7) is 2.01. The van der Waals surface area contributed by atoms with Crippen LogP contribution in [0.2, 0.25) is 0 Å². The third-order valence-corrected chi connectivity index (χ3v) is 4.57. The van der Waals surface area contributed by atoms with Gasteiger partial charge in [0.25, 0.3) is 11.8 Å². The largest absolute Gasteiger partial charge is 0.475 e. The number of pyridine rings is 1. The molecule has 0 fully saturated rings. The second-order valence-electron chi connectivity index (χ2n) is 6.38. The van der Waals surface area contributed by atoms with E-state index in [9.17, 15) is 9.59 Å². The van der Waals surface area contributed by atoms with Crippen molar-refractivity contribution in [2.75, 3.05) is 6.61 Å². The van der Waals surface area contributed by atoms with Crippen molar-refractivity contribution < 1.29 is 14.3 Å². The second-order valence-corrected chi connectivity index (χ2v) is 6.38. The third kappa shape index (κ3) is 3.19. The molecular formula is C22H18N2O3. The molecule has 5 heteroatoms. The summed E-state index contributed by atoms with van der Waals surface area (Å²) >= 11 is 0. The molecule has 0 bridgehead atoms. The summed E-state index contributed by atoms with van der Waals surface area (Å²) in [5, 5.41) is 0. The number of hydrogen-bond acceptors (Lipinski definition) is 4. The average molecular weight is 358 g/mol. The molecule has 0 spiro atoms. The molecule has 1 aliphatic rings. The zero-order valence-electron chi connectivity index (χ0n) is 14.8. The molecular weight excluding hydrogens is 340 g/mol. The number of amides is 2. The molecule has 4 rings (SSSR count). The number of imide groups is 1. The topological polar surface area (TPSA) is 59.5 Å². The monoisotopic (exact) mass is 358 g/mol. The lowest BCUT2D eigenvalue weighted by atomic mass is 10.1. The van der Waals surface area contributed by atoms with Gasteiger partial charge < -0.3 is 4.74 Å². The van der Waals surface area contributed by atoms with Gasteiger partial charge in [0.15, 0.2) is 0 Å². The molecule has 0 unspecified atom stereocenters. The number of benzene rings is 2. The molecule has 2 heterocycles. The van der Waals surface area contributed by atoms with Crippen molar-refractivity contribution >= 4 is 11.8 Å². The van der Waals surface area contributed by atoms with E-state index in [4.69, 9.17) is 4.74 Å². The fourth-order valence-corrected chi connectivity index (χ4v) is 3.25. The highest BCUT2D eigenvalue weighted by Crippen LogP contribution is 2.31. The quantitative estimate of drug-likeness (QED) is 0.651. The minimum atomic E-state index is -0.541. The van der Waals surface area contributed by atoms with Gasteiger partial charge >= 0.3 is 0 Å². The number of nitrogens with zero attached hydrogens (tertiary/aromatic N) is 2. The van der Waals surface area contributed by atoms with E-state index >= 15 is 0 Å². The summed E-state index contributed by atoms with van der Waals surface area (Å²) in [6.07, 6.45) is 0. The van der Waals surface area contributed by atoms with Crippen molar-refractivity contribution in [3.63, 3.8) is 0 Å². The zero-order valence-corrected chi connectivity index (χ0v) is 14.8. The molecule has 27 heavy (non-hydrogen) atoms. The maximum atomic E-state index is 12.9. The standard InChI is InChI=1S/C22H18N2O3/c1-15-8-7-13-20(23-15)27-14-19(16-9-3-2-4-10-16)24-21(25)17-11-5-6-12-18(17)22(24)26/h2-13,19H,14H2,1H3/t19-/m0/s1. The molecule has 0 aliphatic carbocycles. The van der Waals surface area contributed by atoms with E-state index in [0.29, 0.717) is 17.0 Å². The molecule has 5 nitrogen and oxygen atoms in total. The number of aromatic nitrogens is 1. The van der Waals surface area contributed by atoms with Crippen molar-refractivity contribution in [2.45, 2.75) is 13.0 Å². The lowest BCUT2D eigenvalue weighted by molar-refractivity contribution is 0.0527. The lowest BCUT2D eigenvalue weighted by Crippen LogP contribution is -2.37. The van der Waals surface area contributed by atoms with E-state index in [0.717, 1.165) is 11.3 Å². The van der Waals surface area contributed by atoms with Gasteiger partial charge in [0.1, 0.15) is 6.61 Å². The predicted octanol–water partition coefficient (Wildman–Crippen LogP) is 3.81. The predicted molar refractivity (Wildman–Crippen MR) is 101 cm³/mol. The Kier molecular flexibility index (Phi) is 4.42. The van der Waals surface area contributed by atoms with Crippen molar-refractivity contribution in [1.82, 2.24) is 9.88 Å². The van der Waals surface area contributed by atoms with Crippen LogP contribution in [0.15, 0.2) is 72.8 Å². The Labute approximate surface area is 157 Å². The summed E-state index contributed by atoms with van der Waals surface area (Å²) in [6, 6.07) is 21.3. The molecule has 3 aromatic rings. The van der Waals surface area contributed by atoms with Crippen LogP contribution < -0.4 is 4.74 Å². The number of carbonyl (C=O) groups excluding carboxylic acids is 2. The van der Waals surface area contributed by atoms with Crippen molar-refractivity contribution in [3.05, 3.63) is 95.2 Å². The number of aryl methyl sites for hydroxylation is 1. The molecule has 1 aliphatic heterocycles. The molecule has 2 amide bonds. The van der Waals surface area contributed by atoms with Gasteiger partial charge in [-0.1, -0.05) is 48.5 Å². The van der Waals surface area contributed by atoms with Gasteiger partial charge in [-0.2, -0.15) is 0 Å². The first-order chi connectivity index (χ1) is 13.1. The maximum absolute atomic E-state index is 12.9. The minimum Gasteiger partial charge on any atom is -0.475 e. The first-order valence-corrected chi connectivity index (χ1v) is 8.73. The van der Waals surface area contributed by atoms with Crippen LogP contribution in [0, 0.1) is 6.92 Å². The summed E-state index contributed by atoms with van der Waals surface area (Å²) in [5.41, 5.74) is 2.53. The number of hydrogen-bond donors (Lipinski definition) is 0. The molecule has 2 aromatic carbocycles. The van der Waals surface area contributed by atoms with Crippen LogP contribution in [0.3, 0.4) is 0 Å². The van der Waals surface area contributed by atoms with Crippen molar-refractivity contribution in [3.8, 4) is 5.88 Å². The van der Waals surface area contributed by atoms with Gasteiger partial charge in [0.05, 0.1) is 17.2 Å². The number of ether oxygens (including phenoxy) is 1. The Morgan fingerprint density at radius 3 is 2.11 bits per heavy atom. The molecule has 1 aromatic heterocycles. The second kappa shape index (κ2) is 7.03. The molecule has 134 valence electrons. The van der Waals surface area contributed by atoms with Crippen molar-refractivity contribution in [2.24, 2.45) is 0 Å². The fraction of sp³-hybridized carbons (Fsp3) is 0.136. The van der Waals surface area contributed by atoms with Crippen LogP contribution in [0.1, 0.15) is 38.0 Å². The molecule has 0 saturated carbocycles. The number of fused-ring (bicyclic) bond motifs is 1. The Hall–Kier alpha value is -3.47. The first-order valence-electron chi connectivity index (χ1n) is 8.73. The van der Waals surface area contributed by atoms with Crippen molar-refractivity contribution in [1.29, 1.82) is 0 Å².